The number of imidazole rings is 1. The fourth-order valence-electron chi connectivity index (χ4n) is 3.76. The Balaban J connectivity index is 1.58. The van der Waals surface area contributed by atoms with E-state index in [0.717, 1.165) is 37.0 Å². The van der Waals surface area contributed by atoms with Crippen LogP contribution in [0.2, 0.25) is 0 Å². The van der Waals surface area contributed by atoms with Gasteiger partial charge in [0.1, 0.15) is 0 Å². The molecule has 5 rings (SSSR count). The molecule has 4 aromatic rings. The van der Waals surface area contributed by atoms with Gasteiger partial charge in [0.25, 0.3) is 5.91 Å². The minimum absolute atomic E-state index is 0.100. The number of anilines is 1. The summed E-state index contributed by atoms with van der Waals surface area (Å²) in [4.78, 5) is 21.3. The van der Waals surface area contributed by atoms with Gasteiger partial charge in [-0.05, 0) is 31.4 Å². The molecule has 0 radical (unpaired) electrons. The molecule has 2 aromatic carbocycles. The Bertz CT molecular complexity index is 1330. The van der Waals surface area contributed by atoms with E-state index >= 15 is 0 Å². The molecule has 0 unspecified atom stereocenters. The summed E-state index contributed by atoms with van der Waals surface area (Å²) in [6, 6.07) is 9.63. The van der Waals surface area contributed by atoms with Gasteiger partial charge in [-0.2, -0.15) is 0 Å². The third kappa shape index (κ3) is 4.23. The summed E-state index contributed by atoms with van der Waals surface area (Å²) in [5.74, 6) is -1.56. The number of rotatable bonds is 8. The normalized spacial score (nSPS) is 13.5. The predicted molar refractivity (Wildman–Crippen MR) is 121 cm³/mol. The van der Waals surface area contributed by atoms with Crippen LogP contribution < -0.4 is 10.6 Å². The van der Waals surface area contributed by atoms with Crippen molar-refractivity contribution in [1.29, 1.82) is 0 Å². The number of aromatic nitrogens is 3. The van der Waals surface area contributed by atoms with Crippen molar-refractivity contribution < 1.29 is 18.3 Å². The molecule has 2 N–H and O–H groups in total. The van der Waals surface area contributed by atoms with E-state index in [0.29, 0.717) is 46.9 Å². The van der Waals surface area contributed by atoms with E-state index in [1.807, 2.05) is 12.1 Å². The summed E-state index contributed by atoms with van der Waals surface area (Å²) in [5, 5.41) is 6.18. The molecule has 0 saturated heterocycles. The van der Waals surface area contributed by atoms with E-state index in [2.05, 4.69) is 20.6 Å². The van der Waals surface area contributed by atoms with Crippen molar-refractivity contribution in [2.45, 2.75) is 25.3 Å². The predicted octanol–water partition coefficient (Wildman–Crippen LogP) is 4.17. The fourth-order valence-corrected chi connectivity index (χ4v) is 3.76. The largest absolute Gasteiger partial charge is 0.385 e. The third-order valence-corrected chi connectivity index (χ3v) is 5.64. The summed E-state index contributed by atoms with van der Waals surface area (Å²) in [7, 11) is 1.63. The first kappa shape index (κ1) is 21.3. The molecule has 1 fully saturated rings. The highest BCUT2D eigenvalue weighted by Crippen LogP contribution is 2.30. The van der Waals surface area contributed by atoms with Gasteiger partial charge in [0, 0.05) is 49.6 Å². The molecule has 9 heteroatoms. The Morgan fingerprint density at radius 1 is 1.18 bits per heavy atom. The molecular formula is C24H23F2N5O2. The van der Waals surface area contributed by atoms with Gasteiger partial charge in [-0.25, -0.2) is 18.7 Å². The smallest absolute Gasteiger partial charge is 0.251 e. The van der Waals surface area contributed by atoms with Crippen LogP contribution in [0, 0.1) is 11.6 Å². The van der Waals surface area contributed by atoms with Crippen LogP contribution >= 0.6 is 0 Å². The molecule has 0 atom stereocenters. The number of hydrogen-bond acceptors (Lipinski definition) is 5. The molecule has 7 nitrogen and oxygen atoms in total. The lowest BCUT2D eigenvalue weighted by Crippen LogP contribution is -2.25. The minimum Gasteiger partial charge on any atom is -0.385 e. The van der Waals surface area contributed by atoms with E-state index in [9.17, 15) is 13.6 Å². The molecule has 1 aliphatic rings. The first-order valence-electron chi connectivity index (χ1n) is 10.9. The highest BCUT2D eigenvalue weighted by molar-refractivity contribution is 5.95. The highest BCUT2D eigenvalue weighted by Gasteiger charge is 2.24. The van der Waals surface area contributed by atoms with Crippen molar-refractivity contribution in [2.24, 2.45) is 0 Å². The Morgan fingerprint density at radius 3 is 2.67 bits per heavy atom. The van der Waals surface area contributed by atoms with Crippen LogP contribution in [0.1, 0.15) is 29.6 Å². The minimum atomic E-state index is -0.965. The lowest BCUT2D eigenvalue weighted by molar-refractivity contribution is 0.0951. The van der Waals surface area contributed by atoms with Crippen molar-refractivity contribution >= 4 is 28.4 Å². The number of amides is 1. The summed E-state index contributed by atoms with van der Waals surface area (Å²) < 4.78 is 35.0. The maximum Gasteiger partial charge on any atom is 0.251 e. The maximum atomic E-state index is 14.1. The standard InChI is InChI=1S/C24H23F2N5O2/c1-33-10-2-9-27-22-23-28-13-21(31(23)20-12-18(26)17(25)11-19(20)30-22)14-3-5-15(6-4-14)24(32)29-16-7-8-16/h3-6,11-13,16H,2,7-10H2,1H3,(H,27,30)(H,29,32). The number of ether oxygens (including phenoxy) is 1. The van der Waals surface area contributed by atoms with Crippen LogP contribution in [-0.4, -0.2) is 46.6 Å². The first-order chi connectivity index (χ1) is 16.0. The zero-order chi connectivity index (χ0) is 22.9. The monoisotopic (exact) mass is 451 g/mol. The molecule has 170 valence electrons. The molecule has 0 spiro atoms. The number of benzene rings is 2. The molecule has 1 amide bonds. The molecule has 0 aliphatic heterocycles. The van der Waals surface area contributed by atoms with Crippen LogP contribution in [0.3, 0.4) is 0 Å². The molecule has 0 bridgehead atoms. The topological polar surface area (TPSA) is 80.5 Å². The maximum absolute atomic E-state index is 14.1. The number of nitrogens with zero attached hydrogens (tertiary/aromatic N) is 3. The van der Waals surface area contributed by atoms with Crippen molar-refractivity contribution in [3.8, 4) is 11.3 Å². The summed E-state index contributed by atoms with van der Waals surface area (Å²) in [6.45, 7) is 1.16. The van der Waals surface area contributed by atoms with E-state index in [-0.39, 0.29) is 11.9 Å². The first-order valence-corrected chi connectivity index (χ1v) is 10.9. The van der Waals surface area contributed by atoms with Crippen LogP contribution in [-0.2, 0) is 4.74 Å². The van der Waals surface area contributed by atoms with Gasteiger partial charge in [-0.3, -0.25) is 9.20 Å². The molecule has 33 heavy (non-hydrogen) atoms. The van der Waals surface area contributed by atoms with Gasteiger partial charge in [-0.1, -0.05) is 12.1 Å². The lowest BCUT2D eigenvalue weighted by atomic mass is 10.1. The number of hydrogen-bond donors (Lipinski definition) is 2. The van der Waals surface area contributed by atoms with Crippen molar-refractivity contribution in [3.63, 3.8) is 0 Å². The highest BCUT2D eigenvalue weighted by atomic mass is 19.2. The zero-order valence-electron chi connectivity index (χ0n) is 18.1. The Labute approximate surface area is 188 Å². The quantitative estimate of drug-likeness (QED) is 0.393. The molecular weight excluding hydrogens is 428 g/mol. The number of nitrogens with one attached hydrogen (secondary N) is 2. The SMILES string of the molecule is COCCCNc1nc2cc(F)c(F)cc2n2c(-c3ccc(C(=O)NC4CC4)cc3)cnc12. The van der Waals surface area contributed by atoms with Crippen molar-refractivity contribution in [3.05, 3.63) is 59.8 Å². The third-order valence-electron chi connectivity index (χ3n) is 5.64. The number of carbonyl (C=O) groups is 1. The van der Waals surface area contributed by atoms with Gasteiger partial charge in [0.15, 0.2) is 23.1 Å². The summed E-state index contributed by atoms with van der Waals surface area (Å²) >= 11 is 0. The zero-order valence-corrected chi connectivity index (χ0v) is 18.1. The van der Waals surface area contributed by atoms with E-state index in [1.54, 1.807) is 29.8 Å². The second-order valence-electron chi connectivity index (χ2n) is 8.12. The number of halogens is 2. The number of fused-ring (bicyclic) bond motifs is 3. The summed E-state index contributed by atoms with van der Waals surface area (Å²) in [6.07, 6.45) is 4.45. The molecule has 1 saturated carbocycles. The van der Waals surface area contributed by atoms with Crippen LogP contribution in [0.4, 0.5) is 14.6 Å². The fraction of sp³-hybridized carbons (Fsp3) is 0.292. The van der Waals surface area contributed by atoms with Crippen molar-refractivity contribution in [1.82, 2.24) is 19.7 Å². The van der Waals surface area contributed by atoms with Crippen LogP contribution in [0.25, 0.3) is 27.9 Å². The summed E-state index contributed by atoms with van der Waals surface area (Å²) in [5.41, 5.74) is 3.23. The average molecular weight is 451 g/mol. The van der Waals surface area contributed by atoms with E-state index in [1.165, 1.54) is 0 Å². The van der Waals surface area contributed by atoms with Crippen LogP contribution in [0.5, 0.6) is 0 Å². The molecule has 1 aliphatic carbocycles. The Kier molecular flexibility index (Phi) is 5.63. The van der Waals surface area contributed by atoms with Gasteiger partial charge in [0.2, 0.25) is 0 Å². The Hall–Kier alpha value is -3.59. The average Bonchev–Trinajstić information content (AvgIpc) is 3.52. The molecule has 2 aromatic heterocycles. The lowest BCUT2D eigenvalue weighted by Gasteiger charge is -2.12. The van der Waals surface area contributed by atoms with Crippen molar-refractivity contribution in [2.75, 3.05) is 25.6 Å². The second kappa shape index (κ2) is 8.74. The van der Waals surface area contributed by atoms with Gasteiger partial charge >= 0.3 is 0 Å². The van der Waals surface area contributed by atoms with Gasteiger partial charge in [-0.15, -0.1) is 0 Å². The van der Waals surface area contributed by atoms with E-state index < -0.39 is 11.6 Å². The number of methoxy groups -OCH3 is 1. The van der Waals surface area contributed by atoms with Gasteiger partial charge in [0.05, 0.1) is 22.9 Å². The second-order valence-corrected chi connectivity index (χ2v) is 8.12. The van der Waals surface area contributed by atoms with E-state index in [4.69, 9.17) is 4.74 Å². The van der Waals surface area contributed by atoms with Crippen LogP contribution in [0.15, 0.2) is 42.6 Å². The van der Waals surface area contributed by atoms with Gasteiger partial charge < -0.3 is 15.4 Å². The number of carbonyl (C=O) groups excluding carboxylic acids is 1. The molecule has 2 heterocycles. The Morgan fingerprint density at radius 2 is 1.94 bits per heavy atom.